The highest BCUT2D eigenvalue weighted by Crippen LogP contribution is 2.32. The summed E-state index contributed by atoms with van der Waals surface area (Å²) >= 11 is 0. The zero-order valence-electron chi connectivity index (χ0n) is 21.6. The number of carbonyl (C=O) groups excluding carboxylic acids is 1. The van der Waals surface area contributed by atoms with Crippen molar-refractivity contribution in [1.29, 1.82) is 0 Å². The van der Waals surface area contributed by atoms with Gasteiger partial charge in [0.1, 0.15) is 42.7 Å². The lowest BCUT2D eigenvalue weighted by Gasteiger charge is -2.48. The smallest absolute Gasteiger partial charge is 0.335 e. The van der Waals surface area contributed by atoms with Gasteiger partial charge in [-0.15, -0.1) is 6.58 Å². The second-order valence-corrected chi connectivity index (χ2v) is 9.35. The molecule has 3 rings (SSSR count). The third-order valence-electron chi connectivity index (χ3n) is 6.42. The first-order valence-electron chi connectivity index (χ1n) is 12.7. The van der Waals surface area contributed by atoms with Gasteiger partial charge in [-0.05, 0) is 18.4 Å². The van der Waals surface area contributed by atoms with Crippen molar-refractivity contribution < 1.29 is 58.8 Å². The largest absolute Gasteiger partial charge is 0.479 e. The number of aliphatic hydroxyl groups excluding tert-OH is 4. The van der Waals surface area contributed by atoms with E-state index >= 15 is 0 Å². The number of ether oxygens (including phenoxy) is 5. The first-order chi connectivity index (χ1) is 18.7. The summed E-state index contributed by atoms with van der Waals surface area (Å²) in [4.78, 5) is 23.7. The van der Waals surface area contributed by atoms with E-state index in [2.05, 4.69) is 11.9 Å². The molecule has 0 spiro atoms. The van der Waals surface area contributed by atoms with Crippen LogP contribution in [-0.4, -0.2) is 112 Å². The third kappa shape index (κ3) is 8.03. The predicted molar refractivity (Wildman–Crippen MR) is 133 cm³/mol. The molecule has 0 aromatic heterocycles. The summed E-state index contributed by atoms with van der Waals surface area (Å²) in [6.07, 6.45) is -10.8. The number of benzene rings is 1. The number of carboxylic acid groups (broad SMARTS) is 1. The van der Waals surface area contributed by atoms with E-state index in [9.17, 15) is 35.1 Å². The first kappa shape index (κ1) is 31.1. The van der Waals surface area contributed by atoms with Crippen LogP contribution >= 0.6 is 0 Å². The van der Waals surface area contributed by atoms with Gasteiger partial charge in [0.25, 0.3) is 0 Å². The van der Waals surface area contributed by atoms with E-state index in [4.69, 9.17) is 23.7 Å². The van der Waals surface area contributed by atoms with Crippen molar-refractivity contribution in [3.63, 3.8) is 0 Å². The van der Waals surface area contributed by atoms with E-state index in [1.807, 2.05) is 30.3 Å². The molecule has 1 amide bonds. The fourth-order valence-electron chi connectivity index (χ4n) is 4.46. The SMILES string of the molecule is C=CCCCO[C@H]1O[C@H](CO)[C@@H](O[C@@H]2O[C@H](C(=O)O)[C@@H](O)[C@H](O)[C@H]2O)[C@H](OCc2ccccc2)[C@H]1NC(C)=O. The molecule has 0 radical (unpaired) electrons. The summed E-state index contributed by atoms with van der Waals surface area (Å²) in [5.41, 5.74) is 0.784. The molecule has 218 valence electrons. The van der Waals surface area contributed by atoms with Crippen LogP contribution < -0.4 is 5.32 Å². The molecule has 0 aliphatic carbocycles. The molecular weight excluding hydrogens is 518 g/mol. The monoisotopic (exact) mass is 555 g/mol. The van der Waals surface area contributed by atoms with Crippen molar-refractivity contribution >= 4 is 11.9 Å². The number of hydrogen-bond donors (Lipinski definition) is 6. The summed E-state index contributed by atoms with van der Waals surface area (Å²) in [7, 11) is 0. The van der Waals surface area contributed by atoms with E-state index < -0.39 is 79.8 Å². The molecule has 2 saturated heterocycles. The topological polar surface area (TPSA) is 193 Å². The van der Waals surface area contributed by atoms with Crippen molar-refractivity contribution in [3.8, 4) is 0 Å². The molecule has 13 nitrogen and oxygen atoms in total. The van der Waals surface area contributed by atoms with Gasteiger partial charge in [-0.1, -0.05) is 36.4 Å². The highest BCUT2D eigenvalue weighted by Gasteiger charge is 2.53. The molecule has 6 N–H and O–H groups in total. The number of amides is 1. The van der Waals surface area contributed by atoms with E-state index in [-0.39, 0.29) is 13.2 Å². The molecule has 39 heavy (non-hydrogen) atoms. The highest BCUT2D eigenvalue weighted by molar-refractivity contribution is 5.73. The van der Waals surface area contributed by atoms with Crippen LogP contribution in [0.3, 0.4) is 0 Å². The number of rotatable bonds is 13. The van der Waals surface area contributed by atoms with E-state index in [1.165, 1.54) is 6.92 Å². The average Bonchev–Trinajstić information content (AvgIpc) is 2.91. The molecule has 2 aliphatic rings. The molecule has 1 aromatic carbocycles. The maximum absolute atomic E-state index is 12.2. The van der Waals surface area contributed by atoms with Crippen LogP contribution in [0.2, 0.25) is 0 Å². The third-order valence-corrected chi connectivity index (χ3v) is 6.42. The van der Waals surface area contributed by atoms with Gasteiger partial charge >= 0.3 is 5.97 Å². The summed E-state index contributed by atoms with van der Waals surface area (Å²) in [5, 5.41) is 53.1. The van der Waals surface area contributed by atoms with Gasteiger partial charge in [-0.3, -0.25) is 4.79 Å². The summed E-state index contributed by atoms with van der Waals surface area (Å²) in [6, 6.07) is 8.13. The van der Waals surface area contributed by atoms with Crippen LogP contribution in [-0.2, 0) is 39.9 Å². The molecule has 0 saturated carbocycles. The van der Waals surface area contributed by atoms with Crippen molar-refractivity contribution in [2.75, 3.05) is 13.2 Å². The maximum Gasteiger partial charge on any atom is 0.335 e. The Morgan fingerprint density at radius 1 is 1.03 bits per heavy atom. The van der Waals surface area contributed by atoms with Crippen LogP contribution in [0.4, 0.5) is 0 Å². The summed E-state index contributed by atoms with van der Waals surface area (Å²) in [6.45, 7) is 4.66. The zero-order valence-corrected chi connectivity index (χ0v) is 21.6. The Hall–Kier alpha value is -2.46. The van der Waals surface area contributed by atoms with Gasteiger partial charge in [0, 0.05) is 6.92 Å². The molecule has 2 aliphatic heterocycles. The fraction of sp³-hybridized carbons (Fsp3) is 0.615. The molecule has 1 aromatic rings. The van der Waals surface area contributed by atoms with Crippen LogP contribution in [0.25, 0.3) is 0 Å². The minimum absolute atomic E-state index is 0.0515. The Kier molecular flexibility index (Phi) is 11.8. The first-order valence-corrected chi connectivity index (χ1v) is 12.7. The lowest BCUT2D eigenvalue weighted by atomic mass is 9.95. The lowest BCUT2D eigenvalue weighted by Crippen LogP contribution is -2.68. The van der Waals surface area contributed by atoms with Crippen LogP contribution in [0, 0.1) is 0 Å². The van der Waals surface area contributed by atoms with E-state index in [0.717, 1.165) is 5.56 Å². The molecule has 0 unspecified atom stereocenters. The quantitative estimate of drug-likeness (QED) is 0.129. The Morgan fingerprint density at radius 3 is 2.36 bits per heavy atom. The second-order valence-electron chi connectivity index (χ2n) is 9.35. The number of unbranched alkanes of at least 4 members (excludes halogenated alkanes) is 1. The number of carbonyl (C=O) groups is 2. The molecule has 2 heterocycles. The Balaban J connectivity index is 1.92. The average molecular weight is 556 g/mol. The predicted octanol–water partition coefficient (Wildman–Crippen LogP) is -0.946. The van der Waals surface area contributed by atoms with Gasteiger partial charge in [-0.25, -0.2) is 4.79 Å². The Bertz CT molecular complexity index is 933. The summed E-state index contributed by atoms with van der Waals surface area (Å²) < 4.78 is 29.2. The zero-order chi connectivity index (χ0) is 28.5. The van der Waals surface area contributed by atoms with Crippen molar-refractivity contribution in [2.24, 2.45) is 0 Å². The molecular formula is C26H37NO12. The molecule has 0 bridgehead atoms. The van der Waals surface area contributed by atoms with Gasteiger partial charge in [0.15, 0.2) is 18.7 Å². The van der Waals surface area contributed by atoms with Crippen LogP contribution in [0.5, 0.6) is 0 Å². The number of hydrogen-bond acceptors (Lipinski definition) is 11. The van der Waals surface area contributed by atoms with Crippen LogP contribution in [0.15, 0.2) is 43.0 Å². The van der Waals surface area contributed by atoms with E-state index in [1.54, 1.807) is 6.08 Å². The lowest BCUT2D eigenvalue weighted by molar-refractivity contribution is -0.347. The van der Waals surface area contributed by atoms with Gasteiger partial charge in [-0.2, -0.15) is 0 Å². The Labute approximate surface area is 225 Å². The fourth-order valence-corrected chi connectivity index (χ4v) is 4.46. The van der Waals surface area contributed by atoms with E-state index in [0.29, 0.717) is 12.8 Å². The van der Waals surface area contributed by atoms with Crippen molar-refractivity contribution in [1.82, 2.24) is 5.32 Å². The number of carboxylic acids is 1. The number of nitrogens with one attached hydrogen (secondary N) is 1. The minimum atomic E-state index is -1.92. The summed E-state index contributed by atoms with van der Waals surface area (Å²) in [5.74, 6) is -2.02. The normalized spacial score (nSPS) is 34.8. The van der Waals surface area contributed by atoms with Crippen molar-refractivity contribution in [2.45, 2.75) is 87.7 Å². The maximum atomic E-state index is 12.2. The molecule has 10 atom stereocenters. The number of allylic oxidation sites excluding steroid dienone is 1. The highest BCUT2D eigenvalue weighted by atomic mass is 16.7. The number of aliphatic carboxylic acids is 1. The van der Waals surface area contributed by atoms with Crippen molar-refractivity contribution in [3.05, 3.63) is 48.6 Å². The Morgan fingerprint density at radius 2 is 1.74 bits per heavy atom. The number of aliphatic hydroxyl groups is 4. The van der Waals surface area contributed by atoms with Crippen LogP contribution in [0.1, 0.15) is 25.3 Å². The molecule has 2 fully saturated rings. The minimum Gasteiger partial charge on any atom is -0.479 e. The standard InChI is InChI=1S/C26H37NO12/c1-3-4-8-11-35-25-17(27-14(2)29)22(36-13-15-9-6-5-7-10-15)21(16(12-28)37-25)38-26-20(32)18(30)19(31)23(39-26)24(33)34/h3,5-7,9-10,16-23,25-26,28,30-32H,1,4,8,11-13H2,2H3,(H,27,29)(H,33,34)/t16-,17-,18+,19+,20-,21-,22-,23+,25+,26-/m1/s1. The molecule has 13 heteroatoms. The second kappa shape index (κ2) is 14.8. The van der Waals surface area contributed by atoms with Gasteiger partial charge < -0.3 is 54.5 Å². The van der Waals surface area contributed by atoms with Gasteiger partial charge in [0.05, 0.1) is 19.8 Å². The van der Waals surface area contributed by atoms with Gasteiger partial charge in [0.2, 0.25) is 5.91 Å².